The van der Waals surface area contributed by atoms with Crippen LogP contribution in [0.25, 0.3) is 0 Å². The number of carbonyl (C=O) groups excluding carboxylic acids is 4. The quantitative estimate of drug-likeness (QED) is 0.0169. The molecule has 3 N–H and O–H groups in total. The first-order chi connectivity index (χ1) is 45.7. The van der Waals surface area contributed by atoms with Crippen molar-refractivity contribution in [3.8, 4) is 0 Å². The van der Waals surface area contributed by atoms with Crippen LogP contribution in [0.15, 0.2) is 60.8 Å². The lowest BCUT2D eigenvalue weighted by molar-refractivity contribution is -0.161. The SMILES string of the molecule is CCC/C=C\C/C=C\CCCCCCCC(=O)OCC(COP(=O)(O)OCC(O)COP(=O)(O)OCC(COC(=O)CCCCCCC/C=C\CCCCCCCC)OC(=O)CCCCCCC/C=C\CCCCCC)OC(=O)CCCCCCC/C=C\CCCCCC. The molecule has 0 spiro atoms. The summed E-state index contributed by atoms with van der Waals surface area (Å²) in [5.74, 6) is -2.20. The number of aliphatic hydroxyl groups is 1. The monoisotopic (exact) mass is 1370 g/mol. The van der Waals surface area contributed by atoms with Gasteiger partial charge in [-0.15, -0.1) is 0 Å². The lowest BCUT2D eigenvalue weighted by Crippen LogP contribution is -2.30. The summed E-state index contributed by atoms with van der Waals surface area (Å²) in [6.45, 7) is 4.76. The van der Waals surface area contributed by atoms with Crippen LogP contribution in [-0.2, 0) is 65.4 Å². The van der Waals surface area contributed by atoms with Gasteiger partial charge in [0.15, 0.2) is 12.2 Å². The number of allylic oxidation sites excluding steroid dienone is 10. The minimum atomic E-state index is -4.97. The summed E-state index contributed by atoms with van der Waals surface area (Å²) in [5, 5.41) is 10.6. The maximum absolute atomic E-state index is 13.0. The van der Waals surface area contributed by atoms with E-state index in [1.165, 1.54) is 89.9 Å². The van der Waals surface area contributed by atoms with Crippen LogP contribution in [0.2, 0.25) is 0 Å². The molecule has 0 rings (SSSR count). The molecule has 0 fully saturated rings. The van der Waals surface area contributed by atoms with E-state index in [2.05, 4.69) is 88.5 Å². The average molecular weight is 1370 g/mol. The third-order valence-electron chi connectivity index (χ3n) is 15.9. The van der Waals surface area contributed by atoms with E-state index in [1.54, 1.807) is 0 Å². The maximum atomic E-state index is 13.0. The van der Waals surface area contributed by atoms with E-state index in [0.29, 0.717) is 25.7 Å². The molecule has 0 aromatic heterocycles. The number of esters is 4. The molecule has 0 bridgehead atoms. The molecule has 19 heteroatoms. The normalized spacial score (nSPS) is 14.3. The van der Waals surface area contributed by atoms with Gasteiger partial charge in [-0.05, 0) is 128 Å². The second kappa shape index (κ2) is 68.3. The Labute approximate surface area is 571 Å². The molecule has 17 nitrogen and oxygen atoms in total. The standard InChI is InChI=1S/C75H136O17P2/c1-5-9-13-17-21-25-29-33-34-38-40-44-48-52-56-60-73(78)86-66-71(92-75(80)62-58-54-50-46-42-37-32-28-24-20-16-12-8-4)68-90-94(83,84)88-64-69(76)63-87-93(81,82)89-67-70(91-74(79)61-57-53-49-45-41-36-31-27-23-19-15-11-7-3)65-85-72(77)59-55-51-47-43-39-35-30-26-22-18-14-10-6-2/h14,18,26-28,30-34,69-71,76H,5-13,15-17,19-25,29,35-68H2,1-4H3,(H,81,82)(H,83,84)/b18-14-,30-26-,31-27-,32-28-,34-33-. The summed E-state index contributed by atoms with van der Waals surface area (Å²) in [6.07, 6.45) is 65.0. The molecule has 0 saturated heterocycles. The molecular formula is C75H136O17P2. The van der Waals surface area contributed by atoms with Crippen molar-refractivity contribution < 1.29 is 80.2 Å². The van der Waals surface area contributed by atoms with Gasteiger partial charge in [0.05, 0.1) is 26.4 Å². The largest absolute Gasteiger partial charge is 0.472 e. The fourth-order valence-electron chi connectivity index (χ4n) is 10.1. The van der Waals surface area contributed by atoms with Crippen LogP contribution < -0.4 is 0 Å². The van der Waals surface area contributed by atoms with Crippen LogP contribution in [0.4, 0.5) is 0 Å². The Morgan fingerprint density at radius 2 is 0.543 bits per heavy atom. The Hall–Kier alpha value is -3.24. The van der Waals surface area contributed by atoms with Crippen molar-refractivity contribution in [2.45, 2.75) is 354 Å². The fourth-order valence-corrected chi connectivity index (χ4v) is 11.7. The van der Waals surface area contributed by atoms with Gasteiger partial charge in [-0.25, -0.2) is 9.13 Å². The zero-order valence-electron chi connectivity index (χ0n) is 59.6. The number of phosphoric ester groups is 2. The van der Waals surface area contributed by atoms with Crippen LogP contribution in [0.3, 0.4) is 0 Å². The number of carbonyl (C=O) groups is 4. The van der Waals surface area contributed by atoms with Gasteiger partial charge in [-0.3, -0.25) is 37.3 Å². The summed E-state index contributed by atoms with van der Waals surface area (Å²) in [6, 6.07) is 0. The van der Waals surface area contributed by atoms with E-state index in [0.717, 1.165) is 167 Å². The van der Waals surface area contributed by atoms with Crippen molar-refractivity contribution in [1.29, 1.82) is 0 Å². The molecule has 0 saturated carbocycles. The average Bonchev–Trinajstić information content (AvgIpc) is 2.45. The predicted molar refractivity (Wildman–Crippen MR) is 381 cm³/mol. The van der Waals surface area contributed by atoms with Gasteiger partial charge >= 0.3 is 39.5 Å². The van der Waals surface area contributed by atoms with E-state index >= 15 is 0 Å². The van der Waals surface area contributed by atoms with Gasteiger partial charge in [-0.1, -0.05) is 243 Å². The number of phosphoric acid groups is 2. The Morgan fingerprint density at radius 1 is 0.298 bits per heavy atom. The van der Waals surface area contributed by atoms with Crippen LogP contribution in [0, 0.1) is 0 Å². The third kappa shape index (κ3) is 67.3. The molecule has 0 aromatic carbocycles. The summed E-state index contributed by atoms with van der Waals surface area (Å²) < 4.78 is 68.4. The van der Waals surface area contributed by atoms with Gasteiger partial charge in [0.2, 0.25) is 0 Å². The highest BCUT2D eigenvalue weighted by Crippen LogP contribution is 2.45. The molecule has 94 heavy (non-hydrogen) atoms. The molecular weight excluding hydrogens is 1230 g/mol. The highest BCUT2D eigenvalue weighted by atomic mass is 31.2. The van der Waals surface area contributed by atoms with Crippen LogP contribution >= 0.6 is 15.6 Å². The summed E-state index contributed by atoms with van der Waals surface area (Å²) in [5.41, 5.74) is 0. The number of ether oxygens (including phenoxy) is 4. The van der Waals surface area contributed by atoms with E-state index in [4.69, 9.17) is 37.0 Å². The molecule has 0 aromatic rings. The first-order valence-electron chi connectivity index (χ1n) is 37.5. The van der Waals surface area contributed by atoms with Crippen molar-refractivity contribution in [2.24, 2.45) is 0 Å². The topological polar surface area (TPSA) is 237 Å². The van der Waals surface area contributed by atoms with Crippen molar-refractivity contribution in [1.82, 2.24) is 0 Å². The number of rotatable bonds is 71. The highest BCUT2D eigenvalue weighted by Gasteiger charge is 2.30. The lowest BCUT2D eigenvalue weighted by atomic mass is 10.1. The van der Waals surface area contributed by atoms with E-state index in [-0.39, 0.29) is 25.7 Å². The first kappa shape index (κ1) is 90.8. The summed E-state index contributed by atoms with van der Waals surface area (Å²) >= 11 is 0. The van der Waals surface area contributed by atoms with Crippen molar-refractivity contribution >= 4 is 39.5 Å². The van der Waals surface area contributed by atoms with Crippen LogP contribution in [-0.4, -0.2) is 96.7 Å². The van der Waals surface area contributed by atoms with Crippen molar-refractivity contribution in [3.63, 3.8) is 0 Å². The summed E-state index contributed by atoms with van der Waals surface area (Å²) in [4.78, 5) is 72.7. The number of hydrogen-bond donors (Lipinski definition) is 3. The Morgan fingerprint density at radius 3 is 0.851 bits per heavy atom. The lowest BCUT2D eigenvalue weighted by Gasteiger charge is -2.21. The minimum absolute atomic E-state index is 0.0848. The zero-order valence-corrected chi connectivity index (χ0v) is 61.4. The minimum Gasteiger partial charge on any atom is -0.462 e. The molecule has 5 unspecified atom stereocenters. The first-order valence-corrected chi connectivity index (χ1v) is 40.5. The van der Waals surface area contributed by atoms with E-state index in [9.17, 15) is 43.2 Å². The Balaban J connectivity index is 5.33. The highest BCUT2D eigenvalue weighted by molar-refractivity contribution is 7.47. The third-order valence-corrected chi connectivity index (χ3v) is 17.8. The molecule has 548 valence electrons. The second-order valence-corrected chi connectivity index (χ2v) is 28.1. The van der Waals surface area contributed by atoms with Gasteiger partial charge < -0.3 is 33.8 Å². The molecule has 0 aliphatic carbocycles. The molecule has 5 atom stereocenters. The van der Waals surface area contributed by atoms with Crippen LogP contribution in [0.5, 0.6) is 0 Å². The second-order valence-electron chi connectivity index (χ2n) is 25.2. The number of hydrogen-bond acceptors (Lipinski definition) is 15. The Kier molecular flexibility index (Phi) is 65.9. The zero-order chi connectivity index (χ0) is 69.0. The number of unbranched alkanes of at least 4 members (excludes halogenated alkanes) is 35. The van der Waals surface area contributed by atoms with Gasteiger partial charge in [0.1, 0.15) is 19.3 Å². The Bertz CT molecular complexity index is 2030. The summed E-state index contributed by atoms with van der Waals surface area (Å²) in [7, 11) is -9.94. The molecule has 0 radical (unpaired) electrons. The van der Waals surface area contributed by atoms with Gasteiger partial charge in [0.25, 0.3) is 0 Å². The van der Waals surface area contributed by atoms with E-state index < -0.39 is 97.5 Å². The van der Waals surface area contributed by atoms with Crippen LogP contribution in [0.1, 0.15) is 336 Å². The maximum Gasteiger partial charge on any atom is 0.472 e. The fraction of sp³-hybridized carbons (Fsp3) is 0.813. The smallest absolute Gasteiger partial charge is 0.462 e. The molecule has 0 aliphatic heterocycles. The van der Waals surface area contributed by atoms with E-state index in [1.807, 2.05) is 0 Å². The molecule has 0 heterocycles. The molecule has 0 amide bonds. The number of aliphatic hydroxyl groups excluding tert-OH is 1. The van der Waals surface area contributed by atoms with Crippen molar-refractivity contribution in [2.75, 3.05) is 39.6 Å². The van der Waals surface area contributed by atoms with Crippen molar-refractivity contribution in [3.05, 3.63) is 60.8 Å². The van der Waals surface area contributed by atoms with Gasteiger partial charge in [0, 0.05) is 25.7 Å². The van der Waals surface area contributed by atoms with Gasteiger partial charge in [-0.2, -0.15) is 0 Å². The molecule has 0 aliphatic rings. The predicted octanol–water partition coefficient (Wildman–Crippen LogP) is 21.1.